The molecule has 0 aromatic carbocycles. The Labute approximate surface area is 159 Å². The minimum atomic E-state index is -0.639. The summed E-state index contributed by atoms with van der Waals surface area (Å²) in [6.45, 7) is 3.38. The molecule has 3 aromatic heterocycles. The molecule has 142 valence electrons. The van der Waals surface area contributed by atoms with Crippen molar-refractivity contribution in [3.63, 3.8) is 0 Å². The highest BCUT2D eigenvalue weighted by Crippen LogP contribution is 2.23. The number of nitrogens with one attached hydrogen (secondary N) is 1. The lowest BCUT2D eigenvalue weighted by Crippen LogP contribution is -2.20. The number of hydrogen-bond donors (Lipinski definition) is 1. The average Bonchev–Trinajstić information content (AvgIpc) is 3.15. The van der Waals surface area contributed by atoms with Gasteiger partial charge in [0.25, 0.3) is 5.56 Å². The summed E-state index contributed by atoms with van der Waals surface area (Å²) in [7, 11) is 2.82. The van der Waals surface area contributed by atoms with Crippen molar-refractivity contribution < 1.29 is 14.3 Å². The van der Waals surface area contributed by atoms with Crippen molar-refractivity contribution in [3.05, 3.63) is 39.0 Å². The van der Waals surface area contributed by atoms with Gasteiger partial charge in [0, 0.05) is 19.9 Å². The molecule has 0 aliphatic heterocycles. The number of rotatable bonds is 6. The second kappa shape index (κ2) is 7.80. The van der Waals surface area contributed by atoms with Gasteiger partial charge in [0.05, 0.1) is 36.9 Å². The van der Waals surface area contributed by atoms with E-state index in [1.165, 1.54) is 13.2 Å². The van der Waals surface area contributed by atoms with Crippen molar-refractivity contribution in [2.45, 2.75) is 20.0 Å². The van der Waals surface area contributed by atoms with Crippen molar-refractivity contribution in [2.24, 2.45) is 0 Å². The Morgan fingerprint density at radius 3 is 2.74 bits per heavy atom. The van der Waals surface area contributed by atoms with Gasteiger partial charge in [0.2, 0.25) is 0 Å². The van der Waals surface area contributed by atoms with Gasteiger partial charge in [-0.15, -0.1) is 0 Å². The summed E-state index contributed by atoms with van der Waals surface area (Å²) in [5.74, 6) is -0.639. The maximum absolute atomic E-state index is 12.5. The number of carbonyl (C=O) groups excluding carboxylic acids is 1. The molecule has 9 nitrogen and oxygen atoms in total. The number of pyridine rings is 1. The number of aromatic amines is 1. The standard InChI is InChI=1S/C17H19N5O4S/c1-4-21-6-5-11(20-21)12-9-10(16(24)26-3)13-14(18-12)22(7-8-25-2)17(27)19-15(13)23/h5-6,9H,4,7-8H2,1-3H3,(H,19,23,27). The number of fused-ring (bicyclic) bond motifs is 1. The monoisotopic (exact) mass is 389 g/mol. The first-order valence-corrected chi connectivity index (χ1v) is 8.70. The normalized spacial score (nSPS) is 11.1. The summed E-state index contributed by atoms with van der Waals surface area (Å²) in [5, 5.41) is 4.54. The molecule has 3 heterocycles. The summed E-state index contributed by atoms with van der Waals surface area (Å²) in [5.41, 5.74) is 0.910. The molecule has 0 spiro atoms. The average molecular weight is 389 g/mol. The molecule has 0 radical (unpaired) electrons. The van der Waals surface area contributed by atoms with Gasteiger partial charge in [-0.2, -0.15) is 5.10 Å². The number of H-pyrrole nitrogens is 1. The molecule has 0 unspecified atom stereocenters. The molecule has 1 N–H and O–H groups in total. The van der Waals surface area contributed by atoms with Gasteiger partial charge >= 0.3 is 5.97 Å². The Hall–Kier alpha value is -2.85. The summed E-state index contributed by atoms with van der Waals surface area (Å²) < 4.78 is 13.5. The van der Waals surface area contributed by atoms with E-state index < -0.39 is 11.5 Å². The van der Waals surface area contributed by atoms with Crippen LogP contribution in [0.25, 0.3) is 22.4 Å². The summed E-state index contributed by atoms with van der Waals surface area (Å²) in [6, 6.07) is 3.30. The SMILES string of the molecule is CCn1ccc(-c2cc(C(=O)OC)c3c(=O)[nH]c(=S)n(CCOC)c3n2)n1. The Balaban J connectivity index is 2.37. The Kier molecular flexibility index (Phi) is 5.47. The molecule has 0 aliphatic rings. The smallest absolute Gasteiger partial charge is 0.338 e. The number of esters is 1. The molecule has 0 atom stereocenters. The van der Waals surface area contributed by atoms with Crippen LogP contribution in [-0.2, 0) is 22.6 Å². The van der Waals surface area contributed by atoms with Crippen molar-refractivity contribution in [2.75, 3.05) is 20.8 Å². The second-order valence-electron chi connectivity index (χ2n) is 5.71. The number of aromatic nitrogens is 5. The summed E-state index contributed by atoms with van der Waals surface area (Å²) in [4.78, 5) is 32.0. The number of hydrogen-bond acceptors (Lipinski definition) is 7. The largest absolute Gasteiger partial charge is 0.465 e. The molecular weight excluding hydrogens is 370 g/mol. The number of carbonyl (C=O) groups is 1. The van der Waals surface area contributed by atoms with Crippen LogP contribution in [0.2, 0.25) is 0 Å². The van der Waals surface area contributed by atoms with E-state index >= 15 is 0 Å². The lowest BCUT2D eigenvalue weighted by atomic mass is 10.1. The predicted octanol–water partition coefficient (Wildman–Crippen LogP) is 1.77. The van der Waals surface area contributed by atoms with Crippen LogP contribution in [0.3, 0.4) is 0 Å². The third-order valence-corrected chi connectivity index (χ3v) is 4.42. The lowest BCUT2D eigenvalue weighted by molar-refractivity contribution is 0.0603. The fourth-order valence-corrected chi connectivity index (χ4v) is 3.01. The van der Waals surface area contributed by atoms with Gasteiger partial charge in [0.15, 0.2) is 4.77 Å². The maximum atomic E-state index is 12.5. The van der Waals surface area contributed by atoms with E-state index in [2.05, 4.69) is 15.1 Å². The van der Waals surface area contributed by atoms with Crippen LogP contribution in [0, 0.1) is 4.77 Å². The molecular formula is C17H19N5O4S. The van der Waals surface area contributed by atoms with Crippen molar-refractivity contribution in [3.8, 4) is 11.4 Å². The van der Waals surface area contributed by atoms with Gasteiger partial charge in [0.1, 0.15) is 11.3 Å². The van der Waals surface area contributed by atoms with Gasteiger partial charge in [-0.3, -0.25) is 14.5 Å². The van der Waals surface area contributed by atoms with Crippen LogP contribution >= 0.6 is 12.2 Å². The van der Waals surface area contributed by atoms with E-state index in [1.54, 1.807) is 22.4 Å². The molecule has 3 aromatic rings. The first kappa shape index (κ1) is 18.9. The zero-order chi connectivity index (χ0) is 19.6. The number of nitrogens with zero attached hydrogens (tertiary/aromatic N) is 4. The topological polar surface area (TPSA) is 104 Å². The highest BCUT2D eigenvalue weighted by molar-refractivity contribution is 7.71. The minimum absolute atomic E-state index is 0.103. The Morgan fingerprint density at radius 1 is 1.33 bits per heavy atom. The van der Waals surface area contributed by atoms with Crippen LogP contribution in [0.5, 0.6) is 0 Å². The van der Waals surface area contributed by atoms with Crippen LogP contribution < -0.4 is 5.56 Å². The highest BCUT2D eigenvalue weighted by atomic mass is 32.1. The molecule has 0 saturated carbocycles. The fourth-order valence-electron chi connectivity index (χ4n) is 2.74. The van der Waals surface area contributed by atoms with Gasteiger partial charge in [-0.1, -0.05) is 0 Å². The van der Waals surface area contributed by atoms with Crippen molar-refractivity contribution in [1.29, 1.82) is 0 Å². The number of aryl methyl sites for hydroxylation is 1. The highest BCUT2D eigenvalue weighted by Gasteiger charge is 2.20. The van der Waals surface area contributed by atoms with E-state index in [9.17, 15) is 9.59 Å². The lowest BCUT2D eigenvalue weighted by Gasteiger charge is -2.13. The van der Waals surface area contributed by atoms with Crippen LogP contribution in [0.4, 0.5) is 0 Å². The molecule has 0 fully saturated rings. The third kappa shape index (κ3) is 3.53. The predicted molar refractivity (Wildman–Crippen MR) is 101 cm³/mol. The quantitative estimate of drug-likeness (QED) is 0.506. The molecule has 0 aliphatic carbocycles. The fraction of sp³-hybridized carbons (Fsp3) is 0.353. The first-order chi connectivity index (χ1) is 13.0. The van der Waals surface area contributed by atoms with E-state index in [0.717, 1.165) is 0 Å². The van der Waals surface area contributed by atoms with E-state index in [-0.39, 0.29) is 21.4 Å². The molecule has 27 heavy (non-hydrogen) atoms. The third-order valence-electron chi connectivity index (χ3n) is 4.10. The van der Waals surface area contributed by atoms with E-state index in [4.69, 9.17) is 21.7 Å². The minimum Gasteiger partial charge on any atom is -0.465 e. The molecule has 0 bridgehead atoms. The van der Waals surface area contributed by atoms with Crippen LogP contribution in [-0.4, -0.2) is 51.1 Å². The Bertz CT molecular complexity index is 1110. The van der Waals surface area contributed by atoms with E-state index in [0.29, 0.717) is 31.1 Å². The van der Waals surface area contributed by atoms with Crippen LogP contribution in [0.1, 0.15) is 17.3 Å². The van der Waals surface area contributed by atoms with Gasteiger partial charge < -0.3 is 14.0 Å². The first-order valence-electron chi connectivity index (χ1n) is 8.29. The molecule has 0 amide bonds. The van der Waals surface area contributed by atoms with Gasteiger partial charge in [-0.25, -0.2) is 9.78 Å². The second-order valence-corrected chi connectivity index (χ2v) is 6.09. The van der Waals surface area contributed by atoms with E-state index in [1.807, 2.05) is 13.1 Å². The van der Waals surface area contributed by atoms with Crippen molar-refractivity contribution in [1.82, 2.24) is 24.3 Å². The van der Waals surface area contributed by atoms with Crippen LogP contribution in [0.15, 0.2) is 23.1 Å². The molecule has 10 heteroatoms. The summed E-state index contributed by atoms with van der Waals surface area (Å²) >= 11 is 5.28. The number of ether oxygens (including phenoxy) is 2. The number of methoxy groups -OCH3 is 2. The zero-order valence-corrected chi connectivity index (χ0v) is 16.0. The zero-order valence-electron chi connectivity index (χ0n) is 15.2. The molecule has 3 rings (SSSR count). The van der Waals surface area contributed by atoms with Gasteiger partial charge in [-0.05, 0) is 31.3 Å². The maximum Gasteiger partial charge on any atom is 0.338 e. The summed E-state index contributed by atoms with van der Waals surface area (Å²) in [6.07, 6.45) is 1.81. The molecule has 0 saturated heterocycles. The van der Waals surface area contributed by atoms with Crippen molar-refractivity contribution >= 4 is 29.2 Å². The Morgan fingerprint density at radius 2 is 2.11 bits per heavy atom.